The van der Waals surface area contributed by atoms with Crippen molar-refractivity contribution in [1.82, 2.24) is 10.3 Å². The zero-order valence-electron chi connectivity index (χ0n) is 7.16. The number of pyridine rings is 1. The minimum absolute atomic E-state index is 0.476. The molecule has 1 aromatic rings. The van der Waals surface area contributed by atoms with Crippen LogP contribution < -0.4 is 10.1 Å². The summed E-state index contributed by atoms with van der Waals surface area (Å²) in [6.07, 6.45) is 1.65. The predicted molar refractivity (Wildman–Crippen MR) is 51.1 cm³/mol. The average Bonchev–Trinajstić information content (AvgIpc) is 2.01. The second kappa shape index (κ2) is 3.94. The molecule has 0 unspecified atom stereocenters. The molecule has 2 heterocycles. The molecule has 1 fully saturated rings. The lowest BCUT2D eigenvalue weighted by atomic mass is 10.1. The maximum absolute atomic E-state index is 5.70. The Morgan fingerprint density at radius 3 is 3.08 bits per heavy atom. The molecular weight excluding hydrogens is 188 g/mol. The van der Waals surface area contributed by atoms with Gasteiger partial charge in [0, 0.05) is 31.3 Å². The molecule has 1 N–H and O–H groups in total. The highest BCUT2D eigenvalue weighted by Gasteiger charge is 2.16. The Hall–Kier alpha value is -0.800. The van der Waals surface area contributed by atoms with E-state index >= 15 is 0 Å². The van der Waals surface area contributed by atoms with Crippen LogP contribution in [0.4, 0.5) is 0 Å². The molecule has 1 aliphatic rings. The fourth-order valence-corrected chi connectivity index (χ4v) is 1.32. The first-order valence-electron chi connectivity index (χ1n) is 4.29. The quantitative estimate of drug-likeness (QED) is 0.745. The van der Waals surface area contributed by atoms with Crippen molar-refractivity contribution in [3.8, 4) is 5.75 Å². The van der Waals surface area contributed by atoms with Crippen molar-refractivity contribution < 1.29 is 4.74 Å². The van der Waals surface area contributed by atoms with Crippen molar-refractivity contribution in [3.05, 3.63) is 23.5 Å². The van der Waals surface area contributed by atoms with Crippen LogP contribution in [0.5, 0.6) is 5.75 Å². The smallest absolute Gasteiger partial charge is 0.132 e. The van der Waals surface area contributed by atoms with Crippen LogP contribution in [0.3, 0.4) is 0 Å². The van der Waals surface area contributed by atoms with E-state index in [9.17, 15) is 0 Å². The van der Waals surface area contributed by atoms with E-state index in [0.29, 0.717) is 11.1 Å². The topological polar surface area (TPSA) is 34.1 Å². The number of hydrogen-bond acceptors (Lipinski definition) is 3. The Labute approximate surface area is 82.1 Å². The first-order chi connectivity index (χ1) is 6.34. The Bertz CT molecular complexity index is 289. The molecule has 13 heavy (non-hydrogen) atoms. The molecule has 1 aliphatic heterocycles. The van der Waals surface area contributed by atoms with E-state index in [-0.39, 0.29) is 0 Å². The highest BCUT2D eigenvalue weighted by atomic mass is 35.5. The number of halogens is 1. The van der Waals surface area contributed by atoms with E-state index in [1.54, 1.807) is 12.3 Å². The zero-order chi connectivity index (χ0) is 9.10. The summed E-state index contributed by atoms with van der Waals surface area (Å²) >= 11 is 5.70. The molecule has 70 valence electrons. The Morgan fingerprint density at radius 2 is 2.46 bits per heavy atom. The van der Waals surface area contributed by atoms with Crippen LogP contribution in [0.2, 0.25) is 5.15 Å². The van der Waals surface area contributed by atoms with Gasteiger partial charge >= 0.3 is 0 Å². The summed E-state index contributed by atoms with van der Waals surface area (Å²) in [6.45, 7) is 2.87. The molecule has 0 saturated carbocycles. The summed E-state index contributed by atoms with van der Waals surface area (Å²) in [5, 5.41) is 3.67. The second-order valence-corrected chi connectivity index (χ2v) is 3.54. The van der Waals surface area contributed by atoms with Crippen LogP contribution in [0, 0.1) is 5.92 Å². The largest absolute Gasteiger partial charge is 0.493 e. The third kappa shape index (κ3) is 2.32. The lowest BCUT2D eigenvalue weighted by Crippen LogP contribution is -2.45. The standard InChI is InChI=1S/C9H11ClN2O/c10-9-3-8(1-2-12-9)13-6-7-4-11-5-7/h1-3,7,11H,4-6H2. The molecule has 1 saturated heterocycles. The van der Waals surface area contributed by atoms with Gasteiger partial charge in [0.25, 0.3) is 0 Å². The van der Waals surface area contributed by atoms with Crippen molar-refractivity contribution >= 4 is 11.6 Å². The minimum atomic E-state index is 0.476. The van der Waals surface area contributed by atoms with Crippen LogP contribution in [-0.2, 0) is 0 Å². The molecular formula is C9H11ClN2O. The van der Waals surface area contributed by atoms with Gasteiger partial charge in [-0.1, -0.05) is 11.6 Å². The van der Waals surface area contributed by atoms with Crippen LogP contribution >= 0.6 is 11.6 Å². The van der Waals surface area contributed by atoms with Gasteiger partial charge in [0.15, 0.2) is 0 Å². The average molecular weight is 199 g/mol. The van der Waals surface area contributed by atoms with Gasteiger partial charge in [0.1, 0.15) is 10.9 Å². The molecule has 0 amide bonds. The van der Waals surface area contributed by atoms with Crippen molar-refractivity contribution in [2.24, 2.45) is 5.92 Å². The zero-order valence-corrected chi connectivity index (χ0v) is 7.92. The summed E-state index contributed by atoms with van der Waals surface area (Å²) in [7, 11) is 0. The lowest BCUT2D eigenvalue weighted by molar-refractivity contribution is 0.199. The molecule has 0 aliphatic carbocycles. The van der Waals surface area contributed by atoms with Crippen molar-refractivity contribution in [3.63, 3.8) is 0 Å². The van der Waals surface area contributed by atoms with Gasteiger partial charge in [-0.25, -0.2) is 4.98 Å². The van der Waals surface area contributed by atoms with E-state index in [1.165, 1.54) is 0 Å². The molecule has 3 nitrogen and oxygen atoms in total. The van der Waals surface area contributed by atoms with Crippen LogP contribution in [-0.4, -0.2) is 24.7 Å². The third-order valence-electron chi connectivity index (χ3n) is 2.05. The maximum Gasteiger partial charge on any atom is 0.132 e. The number of hydrogen-bond donors (Lipinski definition) is 1. The second-order valence-electron chi connectivity index (χ2n) is 3.15. The summed E-state index contributed by atoms with van der Waals surface area (Å²) in [5.74, 6) is 1.44. The van der Waals surface area contributed by atoms with E-state index in [0.717, 1.165) is 25.4 Å². The fourth-order valence-electron chi connectivity index (χ4n) is 1.15. The highest BCUT2D eigenvalue weighted by molar-refractivity contribution is 6.29. The predicted octanol–water partition coefficient (Wildman–Crippen LogP) is 1.33. The molecule has 0 bridgehead atoms. The third-order valence-corrected chi connectivity index (χ3v) is 2.26. The lowest BCUT2D eigenvalue weighted by Gasteiger charge is -2.26. The molecule has 4 heteroatoms. The Kier molecular flexibility index (Phi) is 2.66. The molecule has 0 aromatic carbocycles. The van der Waals surface area contributed by atoms with E-state index in [1.807, 2.05) is 6.07 Å². The van der Waals surface area contributed by atoms with Gasteiger partial charge in [-0.05, 0) is 6.07 Å². The Balaban J connectivity index is 1.86. The van der Waals surface area contributed by atoms with Crippen LogP contribution in [0.25, 0.3) is 0 Å². The van der Waals surface area contributed by atoms with Crippen LogP contribution in [0.15, 0.2) is 18.3 Å². The SMILES string of the molecule is Clc1cc(OCC2CNC2)ccn1. The van der Waals surface area contributed by atoms with Gasteiger partial charge in [-0.3, -0.25) is 0 Å². The molecule has 2 rings (SSSR count). The summed E-state index contributed by atoms with van der Waals surface area (Å²) in [5.41, 5.74) is 0. The first kappa shape index (κ1) is 8.78. The monoisotopic (exact) mass is 198 g/mol. The van der Waals surface area contributed by atoms with Gasteiger partial charge < -0.3 is 10.1 Å². The van der Waals surface area contributed by atoms with Crippen molar-refractivity contribution in [2.75, 3.05) is 19.7 Å². The summed E-state index contributed by atoms with van der Waals surface area (Å²) in [6, 6.07) is 3.55. The summed E-state index contributed by atoms with van der Waals surface area (Å²) < 4.78 is 5.53. The van der Waals surface area contributed by atoms with Crippen molar-refractivity contribution in [1.29, 1.82) is 0 Å². The first-order valence-corrected chi connectivity index (χ1v) is 4.67. The van der Waals surface area contributed by atoms with Gasteiger partial charge in [0.05, 0.1) is 6.61 Å². The van der Waals surface area contributed by atoms with E-state index < -0.39 is 0 Å². The number of rotatable bonds is 3. The van der Waals surface area contributed by atoms with Crippen LogP contribution in [0.1, 0.15) is 0 Å². The normalized spacial score (nSPS) is 16.7. The fraction of sp³-hybridized carbons (Fsp3) is 0.444. The summed E-state index contributed by atoms with van der Waals surface area (Å²) in [4.78, 5) is 3.87. The number of aromatic nitrogens is 1. The molecule has 0 atom stereocenters. The van der Waals surface area contributed by atoms with Gasteiger partial charge in [-0.15, -0.1) is 0 Å². The van der Waals surface area contributed by atoms with E-state index in [2.05, 4.69) is 10.3 Å². The van der Waals surface area contributed by atoms with Crippen molar-refractivity contribution in [2.45, 2.75) is 0 Å². The van der Waals surface area contributed by atoms with E-state index in [4.69, 9.17) is 16.3 Å². The molecule has 1 aromatic heterocycles. The van der Waals surface area contributed by atoms with Gasteiger partial charge in [0.2, 0.25) is 0 Å². The number of nitrogens with zero attached hydrogens (tertiary/aromatic N) is 1. The highest BCUT2D eigenvalue weighted by Crippen LogP contribution is 2.15. The number of nitrogens with one attached hydrogen (secondary N) is 1. The molecule has 0 radical (unpaired) electrons. The van der Waals surface area contributed by atoms with Gasteiger partial charge in [-0.2, -0.15) is 0 Å². The molecule has 0 spiro atoms. The number of ether oxygens (including phenoxy) is 1. The maximum atomic E-state index is 5.70. The minimum Gasteiger partial charge on any atom is -0.493 e. The Morgan fingerprint density at radius 1 is 1.62 bits per heavy atom.